The first kappa shape index (κ1) is 14.3. The molecule has 2 rings (SSSR count). The van der Waals surface area contributed by atoms with E-state index < -0.39 is 4.92 Å². The van der Waals surface area contributed by atoms with Gasteiger partial charge in [-0.1, -0.05) is 6.07 Å². The highest BCUT2D eigenvalue weighted by molar-refractivity contribution is 9.10. The van der Waals surface area contributed by atoms with Gasteiger partial charge in [0.05, 0.1) is 9.40 Å². The molecule has 104 valence electrons. The summed E-state index contributed by atoms with van der Waals surface area (Å²) in [5.74, 6) is 0.245. The minimum atomic E-state index is -0.418. The van der Waals surface area contributed by atoms with Crippen molar-refractivity contribution in [1.82, 2.24) is 0 Å². The fraction of sp³-hybridized carbons (Fsp3) is 0.143. The van der Waals surface area contributed by atoms with E-state index in [0.29, 0.717) is 11.0 Å². The molecule has 2 aromatic carbocycles. The van der Waals surface area contributed by atoms with E-state index in [1.165, 1.54) is 6.07 Å². The lowest BCUT2D eigenvalue weighted by molar-refractivity contribution is -0.385. The SMILES string of the molecule is Cc1cc(NCc2ccc(Br)c([N+](=O)[O-])c2)ccc1O. The number of nitrogens with zero attached hydrogens (tertiary/aromatic N) is 1. The predicted octanol–water partition coefficient (Wildman–Crippen LogP) is 3.98. The van der Waals surface area contributed by atoms with E-state index in [2.05, 4.69) is 21.2 Å². The van der Waals surface area contributed by atoms with Crippen LogP contribution in [0.2, 0.25) is 0 Å². The second-order valence-electron chi connectivity index (χ2n) is 4.40. The maximum atomic E-state index is 10.9. The first-order valence-electron chi connectivity index (χ1n) is 5.93. The average molecular weight is 337 g/mol. The summed E-state index contributed by atoms with van der Waals surface area (Å²) >= 11 is 3.15. The first-order valence-corrected chi connectivity index (χ1v) is 6.73. The van der Waals surface area contributed by atoms with Crippen LogP contribution in [0.3, 0.4) is 0 Å². The number of nitro benzene ring substituents is 1. The molecule has 0 radical (unpaired) electrons. The van der Waals surface area contributed by atoms with Crippen molar-refractivity contribution in [3.05, 3.63) is 62.1 Å². The topological polar surface area (TPSA) is 75.4 Å². The van der Waals surface area contributed by atoms with Crippen molar-refractivity contribution in [3.8, 4) is 5.75 Å². The van der Waals surface area contributed by atoms with Crippen molar-refractivity contribution in [1.29, 1.82) is 0 Å². The third kappa shape index (κ3) is 3.27. The summed E-state index contributed by atoms with van der Waals surface area (Å²) in [5.41, 5.74) is 2.49. The van der Waals surface area contributed by atoms with Crippen LogP contribution in [-0.2, 0) is 6.54 Å². The van der Waals surface area contributed by atoms with E-state index in [-0.39, 0.29) is 11.4 Å². The Bertz CT molecular complexity index is 659. The molecule has 6 heteroatoms. The summed E-state index contributed by atoms with van der Waals surface area (Å²) in [4.78, 5) is 10.4. The zero-order valence-electron chi connectivity index (χ0n) is 10.8. The van der Waals surface area contributed by atoms with Crippen molar-refractivity contribution in [3.63, 3.8) is 0 Å². The van der Waals surface area contributed by atoms with Crippen LogP contribution in [0.25, 0.3) is 0 Å². The number of aryl methyl sites for hydroxylation is 1. The Morgan fingerprint density at radius 3 is 2.70 bits per heavy atom. The molecule has 0 fully saturated rings. The van der Waals surface area contributed by atoms with Gasteiger partial charge in [-0.15, -0.1) is 0 Å². The van der Waals surface area contributed by atoms with Crippen LogP contribution in [0.1, 0.15) is 11.1 Å². The van der Waals surface area contributed by atoms with Crippen LogP contribution in [-0.4, -0.2) is 10.0 Å². The Morgan fingerprint density at radius 2 is 2.05 bits per heavy atom. The average Bonchev–Trinajstić information content (AvgIpc) is 2.41. The van der Waals surface area contributed by atoms with Gasteiger partial charge < -0.3 is 10.4 Å². The van der Waals surface area contributed by atoms with Crippen molar-refractivity contribution in [2.45, 2.75) is 13.5 Å². The van der Waals surface area contributed by atoms with Crippen LogP contribution in [0, 0.1) is 17.0 Å². The van der Waals surface area contributed by atoms with E-state index in [4.69, 9.17) is 0 Å². The Balaban J connectivity index is 2.12. The molecular formula is C14H13BrN2O3. The number of benzene rings is 2. The molecule has 0 saturated carbocycles. The van der Waals surface area contributed by atoms with Crippen molar-refractivity contribution >= 4 is 27.3 Å². The lowest BCUT2D eigenvalue weighted by Crippen LogP contribution is -2.00. The van der Waals surface area contributed by atoms with E-state index in [0.717, 1.165) is 16.8 Å². The molecule has 0 aliphatic heterocycles. The van der Waals surface area contributed by atoms with Gasteiger partial charge in [-0.05, 0) is 58.2 Å². The van der Waals surface area contributed by atoms with Crippen molar-refractivity contribution in [2.24, 2.45) is 0 Å². The van der Waals surface area contributed by atoms with Gasteiger partial charge in [0, 0.05) is 18.3 Å². The van der Waals surface area contributed by atoms with Crippen LogP contribution in [0.5, 0.6) is 5.75 Å². The minimum absolute atomic E-state index is 0.0474. The van der Waals surface area contributed by atoms with Crippen LogP contribution in [0.4, 0.5) is 11.4 Å². The molecule has 20 heavy (non-hydrogen) atoms. The standard InChI is InChI=1S/C14H13BrN2O3/c1-9-6-11(3-5-14(9)18)16-8-10-2-4-12(15)13(7-10)17(19)20/h2-7,16,18H,8H2,1H3. The first-order chi connectivity index (χ1) is 9.47. The van der Waals surface area contributed by atoms with E-state index in [1.54, 1.807) is 18.2 Å². The highest BCUT2D eigenvalue weighted by Crippen LogP contribution is 2.26. The molecule has 2 aromatic rings. The zero-order valence-corrected chi connectivity index (χ0v) is 12.3. The number of aromatic hydroxyl groups is 1. The molecule has 0 aliphatic carbocycles. The molecule has 0 amide bonds. The van der Waals surface area contributed by atoms with Gasteiger partial charge in [0.15, 0.2) is 0 Å². The number of halogens is 1. The Morgan fingerprint density at radius 1 is 1.30 bits per heavy atom. The number of rotatable bonds is 4. The summed E-state index contributed by atoms with van der Waals surface area (Å²) in [6.07, 6.45) is 0. The van der Waals surface area contributed by atoms with Crippen LogP contribution >= 0.6 is 15.9 Å². The Kier molecular flexibility index (Phi) is 4.24. The Hall–Kier alpha value is -2.08. The van der Waals surface area contributed by atoms with Gasteiger partial charge in [-0.2, -0.15) is 0 Å². The molecule has 5 nitrogen and oxygen atoms in total. The lowest BCUT2D eigenvalue weighted by atomic mass is 10.1. The molecular weight excluding hydrogens is 324 g/mol. The molecule has 0 saturated heterocycles. The van der Waals surface area contributed by atoms with E-state index in [9.17, 15) is 15.2 Å². The number of hydrogen-bond acceptors (Lipinski definition) is 4. The smallest absolute Gasteiger partial charge is 0.283 e. The van der Waals surface area contributed by atoms with Gasteiger partial charge >= 0.3 is 0 Å². The van der Waals surface area contributed by atoms with E-state index in [1.807, 2.05) is 19.1 Å². The van der Waals surface area contributed by atoms with Crippen molar-refractivity contribution < 1.29 is 10.0 Å². The van der Waals surface area contributed by atoms with Crippen molar-refractivity contribution in [2.75, 3.05) is 5.32 Å². The maximum Gasteiger partial charge on any atom is 0.283 e. The second kappa shape index (κ2) is 5.92. The van der Waals surface area contributed by atoms with Gasteiger partial charge in [-0.3, -0.25) is 10.1 Å². The predicted molar refractivity (Wildman–Crippen MR) is 81.0 cm³/mol. The summed E-state index contributed by atoms with van der Waals surface area (Å²) in [6, 6.07) is 10.2. The number of nitrogens with one attached hydrogen (secondary N) is 1. The number of nitro groups is 1. The monoisotopic (exact) mass is 336 g/mol. The minimum Gasteiger partial charge on any atom is -0.508 e. The molecule has 0 unspecified atom stereocenters. The van der Waals surface area contributed by atoms with Crippen LogP contribution in [0.15, 0.2) is 40.9 Å². The van der Waals surface area contributed by atoms with Gasteiger partial charge in [0.25, 0.3) is 5.69 Å². The van der Waals surface area contributed by atoms with Crippen LogP contribution < -0.4 is 5.32 Å². The molecule has 0 bridgehead atoms. The summed E-state index contributed by atoms with van der Waals surface area (Å²) < 4.78 is 0.465. The highest BCUT2D eigenvalue weighted by atomic mass is 79.9. The van der Waals surface area contributed by atoms with Gasteiger partial charge in [0.2, 0.25) is 0 Å². The fourth-order valence-corrected chi connectivity index (χ4v) is 2.17. The lowest BCUT2D eigenvalue weighted by Gasteiger charge is -2.08. The van der Waals surface area contributed by atoms with Gasteiger partial charge in [0.1, 0.15) is 5.75 Å². The van der Waals surface area contributed by atoms with E-state index >= 15 is 0 Å². The molecule has 0 aliphatic rings. The fourth-order valence-electron chi connectivity index (χ4n) is 1.78. The molecule has 0 atom stereocenters. The maximum absolute atomic E-state index is 10.9. The quantitative estimate of drug-likeness (QED) is 0.503. The third-order valence-corrected chi connectivity index (χ3v) is 3.57. The summed E-state index contributed by atoms with van der Waals surface area (Å²) in [5, 5.41) is 23.5. The number of phenols is 1. The summed E-state index contributed by atoms with van der Waals surface area (Å²) in [6.45, 7) is 2.28. The normalized spacial score (nSPS) is 10.3. The summed E-state index contributed by atoms with van der Waals surface area (Å²) in [7, 11) is 0. The highest BCUT2D eigenvalue weighted by Gasteiger charge is 2.12. The molecule has 0 aromatic heterocycles. The third-order valence-electron chi connectivity index (χ3n) is 2.90. The Labute approximate surface area is 124 Å². The molecule has 0 heterocycles. The number of phenolic OH excluding ortho intramolecular Hbond substituents is 1. The number of hydrogen-bond donors (Lipinski definition) is 2. The van der Waals surface area contributed by atoms with Gasteiger partial charge in [-0.25, -0.2) is 0 Å². The molecule has 2 N–H and O–H groups in total. The second-order valence-corrected chi connectivity index (χ2v) is 5.25. The molecule has 0 spiro atoms. The largest absolute Gasteiger partial charge is 0.508 e. The number of anilines is 1. The zero-order chi connectivity index (χ0) is 14.7.